The van der Waals surface area contributed by atoms with Crippen molar-refractivity contribution in [3.05, 3.63) is 102 Å². The molecule has 4 aromatic rings. The zero-order chi connectivity index (χ0) is 26.8. The second kappa shape index (κ2) is 10.8. The Morgan fingerprint density at radius 3 is 2.61 bits per heavy atom. The van der Waals surface area contributed by atoms with Gasteiger partial charge in [-0.1, -0.05) is 43.6 Å². The number of amides is 1. The standard InChI is InChI=1S/C29H28ClN5O2S/c1-18(2)28(36)32-21-14-13-19(17-20(21)30)35-27(26(33-29(35)38)22-9-6-7-15-31-22)24-11-8-16-34(24)23-10-4-5-12-25(23)37-3/h4-18,26-27H,1-3H3,(H,32,36)(H,33,38)/t26-,27+/m1/s1. The van der Waals surface area contributed by atoms with Crippen molar-refractivity contribution in [1.82, 2.24) is 14.9 Å². The molecule has 1 aliphatic rings. The first-order valence-corrected chi connectivity index (χ1v) is 13.1. The van der Waals surface area contributed by atoms with Crippen LogP contribution in [0.1, 0.15) is 37.3 Å². The van der Waals surface area contributed by atoms with Gasteiger partial charge in [-0.25, -0.2) is 0 Å². The predicted octanol–water partition coefficient (Wildman–Crippen LogP) is 6.31. The van der Waals surface area contributed by atoms with Crippen LogP contribution in [0.5, 0.6) is 5.75 Å². The van der Waals surface area contributed by atoms with Gasteiger partial charge in [0, 0.05) is 29.7 Å². The quantitative estimate of drug-likeness (QED) is 0.265. The molecule has 9 heteroatoms. The molecule has 0 spiro atoms. The molecule has 2 aromatic heterocycles. The number of nitrogens with zero attached hydrogens (tertiary/aromatic N) is 3. The topological polar surface area (TPSA) is 71.4 Å². The first-order chi connectivity index (χ1) is 18.4. The fourth-order valence-electron chi connectivity index (χ4n) is 4.65. The van der Waals surface area contributed by atoms with Crippen molar-refractivity contribution in [2.45, 2.75) is 25.9 Å². The van der Waals surface area contributed by atoms with Gasteiger partial charge in [-0.3, -0.25) is 9.78 Å². The van der Waals surface area contributed by atoms with Crippen molar-refractivity contribution in [2.75, 3.05) is 17.3 Å². The summed E-state index contributed by atoms with van der Waals surface area (Å²) in [5.41, 5.74) is 4.12. The smallest absolute Gasteiger partial charge is 0.226 e. The van der Waals surface area contributed by atoms with Crippen molar-refractivity contribution < 1.29 is 9.53 Å². The number of carbonyl (C=O) groups excluding carboxylic acids is 1. The third kappa shape index (κ3) is 4.85. The van der Waals surface area contributed by atoms with Gasteiger partial charge in [0.1, 0.15) is 11.8 Å². The number of methoxy groups -OCH3 is 1. The van der Waals surface area contributed by atoms with Crippen molar-refractivity contribution in [2.24, 2.45) is 5.92 Å². The Labute approximate surface area is 232 Å². The number of hydrogen-bond acceptors (Lipinski definition) is 4. The molecule has 1 saturated heterocycles. The number of ether oxygens (including phenoxy) is 1. The average molecular weight is 546 g/mol. The van der Waals surface area contributed by atoms with Gasteiger partial charge in [-0.2, -0.15) is 0 Å². The highest BCUT2D eigenvalue weighted by Crippen LogP contribution is 2.44. The van der Waals surface area contributed by atoms with Crippen LogP contribution in [-0.4, -0.2) is 27.7 Å². The number of pyridine rings is 1. The van der Waals surface area contributed by atoms with Crippen LogP contribution >= 0.6 is 23.8 Å². The number of benzene rings is 2. The molecular formula is C29H28ClN5O2S. The summed E-state index contributed by atoms with van der Waals surface area (Å²) in [4.78, 5) is 19.0. The molecule has 5 rings (SSSR count). The van der Waals surface area contributed by atoms with Gasteiger partial charge >= 0.3 is 0 Å². The van der Waals surface area contributed by atoms with E-state index in [1.165, 1.54) is 0 Å². The summed E-state index contributed by atoms with van der Waals surface area (Å²) in [6, 6.07) is 22.9. The summed E-state index contributed by atoms with van der Waals surface area (Å²) in [6.45, 7) is 3.68. The van der Waals surface area contributed by atoms with Gasteiger partial charge in [0.05, 0.1) is 35.2 Å². The number of thiocarbonyl (C=S) groups is 1. The Bertz CT molecular complexity index is 1470. The molecule has 1 aliphatic heterocycles. The summed E-state index contributed by atoms with van der Waals surface area (Å²) in [6.07, 6.45) is 3.79. The van der Waals surface area contributed by atoms with E-state index in [0.29, 0.717) is 15.8 Å². The average Bonchev–Trinajstić information content (AvgIpc) is 3.54. The zero-order valence-electron chi connectivity index (χ0n) is 21.3. The Balaban J connectivity index is 1.62. The van der Waals surface area contributed by atoms with Gasteiger partial charge in [0.2, 0.25) is 5.91 Å². The molecule has 2 atom stereocenters. The van der Waals surface area contributed by atoms with Crippen LogP contribution in [-0.2, 0) is 4.79 Å². The largest absolute Gasteiger partial charge is 0.495 e. The van der Waals surface area contributed by atoms with E-state index in [0.717, 1.165) is 28.5 Å². The lowest BCUT2D eigenvalue weighted by Gasteiger charge is -2.29. The monoisotopic (exact) mass is 545 g/mol. The minimum atomic E-state index is -0.260. The van der Waals surface area contributed by atoms with Crippen LogP contribution < -0.4 is 20.3 Å². The number of rotatable bonds is 7. The van der Waals surface area contributed by atoms with Crippen molar-refractivity contribution in [3.8, 4) is 11.4 Å². The van der Waals surface area contributed by atoms with E-state index in [1.807, 2.05) is 86.8 Å². The summed E-state index contributed by atoms with van der Waals surface area (Å²) < 4.78 is 7.78. The van der Waals surface area contributed by atoms with Crippen LogP contribution in [0.15, 0.2) is 85.2 Å². The van der Waals surface area contributed by atoms with Crippen LogP contribution in [0.25, 0.3) is 5.69 Å². The first-order valence-electron chi connectivity index (χ1n) is 12.3. The number of halogens is 1. The van der Waals surface area contributed by atoms with Gasteiger partial charge in [-0.15, -0.1) is 0 Å². The minimum Gasteiger partial charge on any atom is -0.495 e. The fraction of sp³-hybridized carbons (Fsp3) is 0.207. The molecular weight excluding hydrogens is 518 g/mol. The maximum atomic E-state index is 12.3. The second-order valence-electron chi connectivity index (χ2n) is 9.28. The third-order valence-electron chi connectivity index (χ3n) is 6.54. The summed E-state index contributed by atoms with van der Waals surface area (Å²) in [5.74, 6) is 0.501. The lowest BCUT2D eigenvalue weighted by Crippen LogP contribution is -2.30. The van der Waals surface area contributed by atoms with Crippen LogP contribution in [0.2, 0.25) is 5.02 Å². The van der Waals surface area contributed by atoms with E-state index < -0.39 is 0 Å². The van der Waals surface area contributed by atoms with E-state index in [9.17, 15) is 4.79 Å². The molecule has 1 fully saturated rings. The van der Waals surface area contributed by atoms with Crippen molar-refractivity contribution in [3.63, 3.8) is 0 Å². The summed E-state index contributed by atoms with van der Waals surface area (Å²) in [7, 11) is 1.67. The van der Waals surface area contributed by atoms with E-state index in [1.54, 1.807) is 13.3 Å². The molecule has 38 heavy (non-hydrogen) atoms. The molecule has 0 bridgehead atoms. The predicted molar refractivity (Wildman–Crippen MR) is 155 cm³/mol. The van der Waals surface area contributed by atoms with Gasteiger partial charge in [-0.05, 0) is 66.8 Å². The lowest BCUT2D eigenvalue weighted by atomic mass is 10.0. The summed E-state index contributed by atoms with van der Waals surface area (Å²) in [5, 5.41) is 7.35. The van der Waals surface area contributed by atoms with Gasteiger partial charge in [0.15, 0.2) is 5.11 Å². The van der Waals surface area contributed by atoms with Gasteiger partial charge in [0.25, 0.3) is 0 Å². The molecule has 0 aliphatic carbocycles. The highest BCUT2D eigenvalue weighted by atomic mass is 35.5. The van der Waals surface area contributed by atoms with E-state index in [4.69, 9.17) is 28.6 Å². The number of anilines is 2. The zero-order valence-corrected chi connectivity index (χ0v) is 22.8. The molecule has 2 N–H and O–H groups in total. The molecule has 0 saturated carbocycles. The fourth-order valence-corrected chi connectivity index (χ4v) is 5.22. The van der Waals surface area contributed by atoms with E-state index in [2.05, 4.69) is 31.2 Å². The van der Waals surface area contributed by atoms with Crippen LogP contribution in [0.4, 0.5) is 11.4 Å². The highest BCUT2D eigenvalue weighted by Gasteiger charge is 2.42. The number of carbonyl (C=O) groups is 1. The third-order valence-corrected chi connectivity index (χ3v) is 7.17. The van der Waals surface area contributed by atoms with Gasteiger partial charge < -0.3 is 24.8 Å². The molecule has 194 valence electrons. The Kier molecular flexibility index (Phi) is 7.35. The van der Waals surface area contributed by atoms with E-state index in [-0.39, 0.29) is 23.9 Å². The van der Waals surface area contributed by atoms with Crippen LogP contribution in [0, 0.1) is 5.92 Å². The first kappa shape index (κ1) is 25.8. The normalized spacial score (nSPS) is 17.0. The number of nitrogens with one attached hydrogen (secondary N) is 2. The Hall–Kier alpha value is -3.88. The summed E-state index contributed by atoms with van der Waals surface area (Å²) >= 11 is 12.5. The number of hydrogen-bond donors (Lipinski definition) is 2. The molecule has 0 radical (unpaired) electrons. The Morgan fingerprint density at radius 1 is 1.11 bits per heavy atom. The molecule has 3 heterocycles. The van der Waals surface area contributed by atoms with Crippen molar-refractivity contribution >= 4 is 46.2 Å². The minimum absolute atomic E-state index is 0.0965. The molecule has 0 unspecified atom stereocenters. The molecule has 2 aromatic carbocycles. The molecule has 7 nitrogen and oxygen atoms in total. The number of aromatic nitrogens is 2. The van der Waals surface area contributed by atoms with Crippen LogP contribution in [0.3, 0.4) is 0 Å². The maximum Gasteiger partial charge on any atom is 0.226 e. The van der Waals surface area contributed by atoms with E-state index >= 15 is 0 Å². The van der Waals surface area contributed by atoms with Crippen molar-refractivity contribution in [1.29, 1.82) is 0 Å². The maximum absolute atomic E-state index is 12.3. The second-order valence-corrected chi connectivity index (χ2v) is 10.1. The SMILES string of the molecule is COc1ccccc1-n1cccc1[C@H]1[C@@H](c2ccccn2)NC(=S)N1c1ccc(NC(=O)C(C)C)c(Cl)c1. The number of para-hydroxylation sites is 2. The Morgan fingerprint density at radius 2 is 1.89 bits per heavy atom. The lowest BCUT2D eigenvalue weighted by molar-refractivity contribution is -0.118. The highest BCUT2D eigenvalue weighted by molar-refractivity contribution is 7.80. The molecule has 1 amide bonds.